The molecule has 0 aliphatic carbocycles. The van der Waals surface area contributed by atoms with Gasteiger partial charge in [0, 0.05) is 24.5 Å². The van der Waals surface area contributed by atoms with Gasteiger partial charge in [-0.05, 0) is 61.5 Å². The molecule has 1 aliphatic heterocycles. The smallest absolute Gasteiger partial charge is 0.161 e. The van der Waals surface area contributed by atoms with Gasteiger partial charge in [0.25, 0.3) is 0 Å². The Kier molecular flexibility index (Phi) is 6.34. The predicted molar refractivity (Wildman–Crippen MR) is 104 cm³/mol. The molecule has 2 heterocycles. The number of benzene rings is 1. The van der Waals surface area contributed by atoms with Gasteiger partial charge in [-0.25, -0.2) is 0 Å². The van der Waals surface area contributed by atoms with E-state index in [1.165, 1.54) is 22.4 Å². The van der Waals surface area contributed by atoms with E-state index in [4.69, 9.17) is 9.47 Å². The Bertz CT molecular complexity index is 678. The van der Waals surface area contributed by atoms with Crippen molar-refractivity contribution in [2.24, 2.45) is 0 Å². The molecular formula is C20H28N2O2S. The summed E-state index contributed by atoms with van der Waals surface area (Å²) in [5.41, 5.74) is 2.60. The fourth-order valence-corrected chi connectivity index (χ4v) is 4.46. The highest BCUT2D eigenvalue weighted by Gasteiger charge is 2.25. The van der Waals surface area contributed by atoms with Crippen LogP contribution in [-0.2, 0) is 0 Å². The number of aryl methyl sites for hydroxylation is 1. The van der Waals surface area contributed by atoms with Gasteiger partial charge >= 0.3 is 0 Å². The molecular weight excluding hydrogens is 332 g/mol. The second-order valence-electron chi connectivity index (χ2n) is 6.41. The summed E-state index contributed by atoms with van der Waals surface area (Å²) in [5.74, 6) is 1.62. The van der Waals surface area contributed by atoms with Gasteiger partial charge in [0.1, 0.15) is 0 Å². The lowest BCUT2D eigenvalue weighted by Crippen LogP contribution is -2.32. The monoisotopic (exact) mass is 360 g/mol. The van der Waals surface area contributed by atoms with E-state index in [1.807, 2.05) is 24.3 Å². The Hall–Kier alpha value is -1.56. The second-order valence-corrected chi connectivity index (χ2v) is 7.35. The quantitative estimate of drug-likeness (QED) is 0.848. The molecule has 1 saturated heterocycles. The minimum atomic E-state index is 0.267. The molecule has 0 amide bonds. The van der Waals surface area contributed by atoms with E-state index in [2.05, 4.69) is 40.7 Å². The van der Waals surface area contributed by atoms with Crippen LogP contribution in [0.3, 0.4) is 0 Å². The maximum absolute atomic E-state index is 5.69. The molecule has 3 rings (SSSR count). The lowest BCUT2D eigenvalue weighted by Gasteiger charge is -2.30. The van der Waals surface area contributed by atoms with E-state index in [0.29, 0.717) is 6.61 Å². The standard InChI is InChI=1S/C20H28N2O2S/c1-4-24-17-7-6-16(13-18(17)23-3)20(19-12-15(2)14-25-19)22-10-5-8-21-9-11-22/h6-7,12-14,20-21H,4-5,8-11H2,1-3H3. The third-order valence-electron chi connectivity index (χ3n) is 4.56. The SMILES string of the molecule is CCOc1ccc(C(c2cc(C)cs2)N2CCCNCC2)cc1OC. The van der Waals surface area contributed by atoms with E-state index in [0.717, 1.165) is 37.7 Å². The fourth-order valence-electron chi connectivity index (χ4n) is 3.41. The van der Waals surface area contributed by atoms with Crippen LogP contribution in [-0.4, -0.2) is 44.8 Å². The zero-order chi connectivity index (χ0) is 17.6. The van der Waals surface area contributed by atoms with Gasteiger partial charge in [0.2, 0.25) is 0 Å². The van der Waals surface area contributed by atoms with Crippen molar-refractivity contribution < 1.29 is 9.47 Å². The number of nitrogens with one attached hydrogen (secondary N) is 1. The van der Waals surface area contributed by atoms with Gasteiger partial charge in [0.15, 0.2) is 11.5 Å². The van der Waals surface area contributed by atoms with Crippen molar-refractivity contribution in [3.63, 3.8) is 0 Å². The molecule has 2 aromatic rings. The summed E-state index contributed by atoms with van der Waals surface area (Å²) >= 11 is 1.85. The molecule has 136 valence electrons. The molecule has 25 heavy (non-hydrogen) atoms. The van der Waals surface area contributed by atoms with Crippen LogP contribution in [0.5, 0.6) is 11.5 Å². The molecule has 1 unspecified atom stereocenters. The minimum absolute atomic E-state index is 0.267. The van der Waals surface area contributed by atoms with Crippen LogP contribution in [0.25, 0.3) is 0 Å². The highest BCUT2D eigenvalue weighted by molar-refractivity contribution is 7.10. The molecule has 1 fully saturated rings. The van der Waals surface area contributed by atoms with Gasteiger partial charge in [-0.3, -0.25) is 4.90 Å². The van der Waals surface area contributed by atoms with Crippen LogP contribution >= 0.6 is 11.3 Å². The Morgan fingerprint density at radius 2 is 2.08 bits per heavy atom. The van der Waals surface area contributed by atoms with Crippen LogP contribution < -0.4 is 14.8 Å². The largest absolute Gasteiger partial charge is 0.493 e. The average molecular weight is 361 g/mol. The summed E-state index contributed by atoms with van der Waals surface area (Å²) in [6.07, 6.45) is 1.18. The lowest BCUT2D eigenvalue weighted by molar-refractivity contribution is 0.243. The number of thiophene rings is 1. The topological polar surface area (TPSA) is 33.7 Å². The van der Waals surface area contributed by atoms with Gasteiger partial charge in [-0.1, -0.05) is 6.07 Å². The summed E-state index contributed by atoms with van der Waals surface area (Å²) in [5, 5.41) is 5.75. The van der Waals surface area contributed by atoms with Crippen molar-refractivity contribution in [2.75, 3.05) is 39.9 Å². The van der Waals surface area contributed by atoms with E-state index in [1.54, 1.807) is 7.11 Å². The van der Waals surface area contributed by atoms with E-state index in [9.17, 15) is 0 Å². The van der Waals surface area contributed by atoms with Crippen molar-refractivity contribution in [2.45, 2.75) is 26.3 Å². The van der Waals surface area contributed by atoms with Crippen LogP contribution in [0.2, 0.25) is 0 Å². The molecule has 4 nitrogen and oxygen atoms in total. The van der Waals surface area contributed by atoms with E-state index in [-0.39, 0.29) is 6.04 Å². The minimum Gasteiger partial charge on any atom is -0.493 e. The molecule has 1 aliphatic rings. The number of methoxy groups -OCH3 is 1. The second kappa shape index (κ2) is 8.70. The Labute approximate surface area is 154 Å². The van der Waals surface area contributed by atoms with Gasteiger partial charge in [-0.2, -0.15) is 0 Å². The molecule has 0 radical (unpaired) electrons. The van der Waals surface area contributed by atoms with Crippen LogP contribution in [0.1, 0.15) is 35.4 Å². The molecule has 0 saturated carbocycles. The zero-order valence-electron chi connectivity index (χ0n) is 15.4. The third-order valence-corrected chi connectivity index (χ3v) is 5.67. The summed E-state index contributed by atoms with van der Waals surface area (Å²) in [7, 11) is 1.71. The van der Waals surface area contributed by atoms with Crippen molar-refractivity contribution >= 4 is 11.3 Å². The number of nitrogens with zero attached hydrogens (tertiary/aromatic N) is 1. The maximum atomic E-state index is 5.69. The van der Waals surface area contributed by atoms with Crippen molar-refractivity contribution in [3.05, 3.63) is 45.6 Å². The molecule has 5 heteroatoms. The van der Waals surface area contributed by atoms with E-state index < -0.39 is 0 Å². The molecule has 1 atom stereocenters. The van der Waals surface area contributed by atoms with Crippen LogP contribution in [0.15, 0.2) is 29.6 Å². The summed E-state index contributed by atoms with van der Waals surface area (Å²) < 4.78 is 11.3. The Morgan fingerprint density at radius 1 is 1.20 bits per heavy atom. The Balaban J connectivity index is 1.98. The number of rotatable bonds is 6. The summed E-state index contributed by atoms with van der Waals surface area (Å²) in [6.45, 7) is 9.09. The van der Waals surface area contributed by atoms with Crippen molar-refractivity contribution in [3.8, 4) is 11.5 Å². The van der Waals surface area contributed by atoms with Gasteiger partial charge < -0.3 is 14.8 Å². The van der Waals surface area contributed by atoms with Gasteiger partial charge in [0.05, 0.1) is 19.8 Å². The molecule has 1 aromatic carbocycles. The first kappa shape index (κ1) is 18.2. The average Bonchev–Trinajstić information content (AvgIpc) is 2.87. The number of ether oxygens (including phenoxy) is 2. The molecule has 1 aromatic heterocycles. The maximum Gasteiger partial charge on any atom is 0.161 e. The summed E-state index contributed by atoms with van der Waals surface area (Å²) in [4.78, 5) is 3.98. The first-order valence-electron chi connectivity index (χ1n) is 9.03. The first-order valence-corrected chi connectivity index (χ1v) is 9.91. The molecule has 0 bridgehead atoms. The molecule has 0 spiro atoms. The highest BCUT2D eigenvalue weighted by atomic mass is 32.1. The Morgan fingerprint density at radius 3 is 2.80 bits per heavy atom. The van der Waals surface area contributed by atoms with Crippen molar-refractivity contribution in [1.29, 1.82) is 0 Å². The predicted octanol–water partition coefficient (Wildman–Crippen LogP) is 3.85. The normalized spacial score (nSPS) is 17.1. The summed E-state index contributed by atoms with van der Waals surface area (Å²) in [6, 6.07) is 8.95. The first-order chi connectivity index (χ1) is 12.2. The van der Waals surface area contributed by atoms with Crippen LogP contribution in [0, 0.1) is 6.92 Å². The number of hydrogen-bond donors (Lipinski definition) is 1. The fraction of sp³-hybridized carbons (Fsp3) is 0.500. The highest BCUT2D eigenvalue weighted by Crippen LogP contribution is 2.37. The lowest BCUT2D eigenvalue weighted by atomic mass is 10.0. The third kappa shape index (κ3) is 4.35. The van der Waals surface area contributed by atoms with E-state index >= 15 is 0 Å². The van der Waals surface area contributed by atoms with Crippen molar-refractivity contribution in [1.82, 2.24) is 10.2 Å². The van der Waals surface area contributed by atoms with Gasteiger partial charge in [-0.15, -0.1) is 11.3 Å². The molecule has 1 N–H and O–H groups in total. The van der Waals surface area contributed by atoms with Crippen LogP contribution in [0.4, 0.5) is 0 Å². The number of hydrogen-bond acceptors (Lipinski definition) is 5. The zero-order valence-corrected chi connectivity index (χ0v) is 16.2.